The van der Waals surface area contributed by atoms with Crippen LogP contribution in [-0.4, -0.2) is 79.6 Å². The molecule has 0 saturated heterocycles. The lowest BCUT2D eigenvalue weighted by atomic mass is 10.0. The summed E-state index contributed by atoms with van der Waals surface area (Å²) in [6.45, 7) is 9.37. The third-order valence-corrected chi connectivity index (χ3v) is 8.60. The fraction of sp³-hybridized carbons (Fsp3) is 0.500. The largest absolute Gasteiger partial charge is 0.488 e. The maximum absolute atomic E-state index is 13.4. The van der Waals surface area contributed by atoms with Crippen LogP contribution in [0.15, 0.2) is 47.4 Å². The fourth-order valence-corrected chi connectivity index (χ4v) is 5.58. The van der Waals surface area contributed by atoms with Crippen molar-refractivity contribution >= 4 is 27.6 Å². The Morgan fingerprint density at radius 2 is 1.85 bits per heavy atom. The number of benzene rings is 2. The number of likely N-dealkylation sites (N-methyl/N-ethyl adjacent to an activating group) is 1. The molecule has 2 aromatic carbocycles. The molecular weight excluding hydrogens is 520 g/mol. The number of hydrogen-bond donors (Lipinski definition) is 3. The van der Waals surface area contributed by atoms with Gasteiger partial charge in [0.1, 0.15) is 11.9 Å². The molecule has 0 spiro atoms. The number of anilines is 1. The predicted octanol–water partition coefficient (Wildman–Crippen LogP) is 2.99. The monoisotopic (exact) mass is 560 g/mol. The van der Waals surface area contributed by atoms with Gasteiger partial charge in [0.05, 0.1) is 30.5 Å². The molecule has 3 N–H and O–H groups in total. The van der Waals surface area contributed by atoms with Crippen molar-refractivity contribution in [1.82, 2.24) is 14.5 Å². The van der Waals surface area contributed by atoms with Crippen molar-refractivity contribution < 1.29 is 27.9 Å². The Balaban J connectivity index is 1.95. The molecule has 39 heavy (non-hydrogen) atoms. The molecule has 0 bridgehead atoms. The van der Waals surface area contributed by atoms with Crippen LogP contribution in [0, 0.1) is 12.8 Å². The van der Waals surface area contributed by atoms with Crippen molar-refractivity contribution in [2.45, 2.75) is 64.1 Å². The summed E-state index contributed by atoms with van der Waals surface area (Å²) in [7, 11) is -2.27. The molecule has 214 valence electrons. The van der Waals surface area contributed by atoms with E-state index in [-0.39, 0.29) is 54.9 Å². The standard InChI is InChI=1S/C28H40N4O6S/c1-18(2)29-28(35)30-23-9-12-25-22(13-23)14-27(34)32(21(5)17-33)15-20(4)26(38-25)16-31(6)39(36,37)24-10-7-19(3)8-11-24/h7-13,18,20-21,26,33H,14-17H2,1-6H3,(H2,29,30,35)/t20-,21-,26-/m0/s1. The number of carbonyl (C=O) groups is 2. The third kappa shape index (κ3) is 7.71. The first-order valence-electron chi connectivity index (χ1n) is 13.1. The number of nitrogens with zero attached hydrogens (tertiary/aromatic N) is 2. The number of rotatable bonds is 8. The van der Waals surface area contributed by atoms with Gasteiger partial charge in [0.15, 0.2) is 0 Å². The number of amides is 3. The number of urea groups is 1. The van der Waals surface area contributed by atoms with Gasteiger partial charge in [-0.05, 0) is 58.0 Å². The predicted molar refractivity (Wildman–Crippen MR) is 150 cm³/mol. The number of hydrogen-bond acceptors (Lipinski definition) is 6. The van der Waals surface area contributed by atoms with Gasteiger partial charge in [0.25, 0.3) is 0 Å². The molecule has 0 aliphatic carbocycles. The Morgan fingerprint density at radius 1 is 1.18 bits per heavy atom. The molecule has 0 radical (unpaired) electrons. The second-order valence-electron chi connectivity index (χ2n) is 10.6. The van der Waals surface area contributed by atoms with Crippen molar-refractivity contribution in [2.75, 3.05) is 32.1 Å². The molecule has 1 aliphatic rings. The zero-order valence-electron chi connectivity index (χ0n) is 23.5. The summed E-state index contributed by atoms with van der Waals surface area (Å²) in [6.07, 6.45) is -0.603. The van der Waals surface area contributed by atoms with Gasteiger partial charge in [0, 0.05) is 36.8 Å². The van der Waals surface area contributed by atoms with Gasteiger partial charge < -0.3 is 25.4 Å². The van der Waals surface area contributed by atoms with Gasteiger partial charge in [-0.25, -0.2) is 13.2 Å². The minimum Gasteiger partial charge on any atom is -0.488 e. The maximum Gasteiger partial charge on any atom is 0.319 e. The number of aliphatic hydroxyl groups excluding tert-OH is 1. The first-order valence-corrected chi connectivity index (χ1v) is 14.6. The molecule has 0 saturated carbocycles. The number of fused-ring (bicyclic) bond motifs is 1. The first-order chi connectivity index (χ1) is 18.3. The van der Waals surface area contributed by atoms with E-state index >= 15 is 0 Å². The number of nitrogens with one attached hydrogen (secondary N) is 2. The highest BCUT2D eigenvalue weighted by atomic mass is 32.2. The summed E-state index contributed by atoms with van der Waals surface area (Å²) in [4.78, 5) is 27.4. The Kier molecular flexibility index (Phi) is 9.98. The summed E-state index contributed by atoms with van der Waals surface area (Å²) >= 11 is 0. The molecule has 2 aromatic rings. The van der Waals surface area contributed by atoms with Crippen molar-refractivity contribution in [3.63, 3.8) is 0 Å². The molecule has 3 amide bonds. The van der Waals surface area contributed by atoms with Crippen molar-refractivity contribution in [3.8, 4) is 5.75 Å². The number of ether oxygens (including phenoxy) is 1. The van der Waals surface area contributed by atoms with Gasteiger partial charge in [-0.2, -0.15) is 4.31 Å². The van der Waals surface area contributed by atoms with Crippen LogP contribution in [-0.2, 0) is 21.2 Å². The van der Waals surface area contributed by atoms with E-state index in [2.05, 4.69) is 10.6 Å². The number of aryl methyl sites for hydroxylation is 1. The van der Waals surface area contributed by atoms with E-state index in [0.29, 0.717) is 17.0 Å². The van der Waals surface area contributed by atoms with E-state index in [1.807, 2.05) is 27.7 Å². The summed E-state index contributed by atoms with van der Waals surface area (Å²) in [5.41, 5.74) is 2.01. The zero-order chi connectivity index (χ0) is 28.9. The van der Waals surface area contributed by atoms with E-state index in [1.165, 1.54) is 11.4 Å². The lowest BCUT2D eigenvalue weighted by molar-refractivity contribution is -0.134. The first kappa shape index (κ1) is 30.4. The van der Waals surface area contributed by atoms with Gasteiger partial charge in [-0.1, -0.05) is 24.6 Å². The minimum absolute atomic E-state index is 0.00205. The van der Waals surface area contributed by atoms with Crippen LogP contribution in [0.2, 0.25) is 0 Å². The Bertz CT molecular complexity index is 1270. The Morgan fingerprint density at radius 3 is 2.46 bits per heavy atom. The summed E-state index contributed by atoms with van der Waals surface area (Å²) in [5.74, 6) is -0.0212. The van der Waals surface area contributed by atoms with E-state index < -0.39 is 22.2 Å². The lowest BCUT2D eigenvalue weighted by Crippen LogP contribution is -2.48. The van der Waals surface area contributed by atoms with Crippen LogP contribution in [0.4, 0.5) is 10.5 Å². The van der Waals surface area contributed by atoms with Crippen LogP contribution >= 0.6 is 0 Å². The van der Waals surface area contributed by atoms with Crippen molar-refractivity contribution in [2.24, 2.45) is 5.92 Å². The fourth-order valence-electron chi connectivity index (χ4n) is 4.40. The van der Waals surface area contributed by atoms with E-state index in [0.717, 1.165) is 5.56 Å². The SMILES string of the molecule is Cc1ccc(S(=O)(=O)N(C)C[C@@H]2Oc3ccc(NC(=O)NC(C)C)cc3CC(=O)N([C@@H](C)CO)C[C@@H]2C)cc1. The van der Waals surface area contributed by atoms with Gasteiger partial charge in [0.2, 0.25) is 15.9 Å². The zero-order valence-corrected chi connectivity index (χ0v) is 24.3. The van der Waals surface area contributed by atoms with Gasteiger partial charge >= 0.3 is 6.03 Å². The average Bonchev–Trinajstić information content (AvgIpc) is 2.91. The Labute approximate surface area is 231 Å². The van der Waals surface area contributed by atoms with Crippen LogP contribution in [0.5, 0.6) is 5.75 Å². The molecular formula is C28H40N4O6S. The lowest BCUT2D eigenvalue weighted by Gasteiger charge is -2.33. The number of carbonyl (C=O) groups excluding carboxylic acids is 2. The number of sulfonamides is 1. The molecule has 1 heterocycles. The second-order valence-corrected chi connectivity index (χ2v) is 12.6. The topological polar surface area (TPSA) is 128 Å². The molecule has 10 nitrogen and oxygen atoms in total. The molecule has 3 rings (SSSR count). The smallest absolute Gasteiger partial charge is 0.319 e. The molecule has 11 heteroatoms. The van der Waals surface area contributed by atoms with Crippen LogP contribution in [0.1, 0.15) is 38.8 Å². The van der Waals surface area contributed by atoms with Crippen LogP contribution in [0.25, 0.3) is 0 Å². The summed E-state index contributed by atoms with van der Waals surface area (Å²) in [6, 6.07) is 10.9. The summed E-state index contributed by atoms with van der Waals surface area (Å²) < 4.78 is 34.3. The van der Waals surface area contributed by atoms with E-state index in [1.54, 1.807) is 54.3 Å². The number of aliphatic hydroxyl groups is 1. The molecule has 3 atom stereocenters. The third-order valence-electron chi connectivity index (χ3n) is 6.76. The molecule has 0 fully saturated rings. The van der Waals surface area contributed by atoms with Crippen molar-refractivity contribution in [3.05, 3.63) is 53.6 Å². The van der Waals surface area contributed by atoms with E-state index in [9.17, 15) is 23.1 Å². The molecule has 1 aliphatic heterocycles. The Hall–Kier alpha value is -3.15. The van der Waals surface area contributed by atoms with E-state index in [4.69, 9.17) is 4.74 Å². The van der Waals surface area contributed by atoms with Crippen LogP contribution < -0.4 is 15.4 Å². The van der Waals surface area contributed by atoms with Crippen molar-refractivity contribution in [1.29, 1.82) is 0 Å². The minimum atomic E-state index is -3.78. The second kappa shape index (κ2) is 12.8. The normalized spacial score (nSPS) is 19.0. The highest BCUT2D eigenvalue weighted by Crippen LogP contribution is 2.30. The van der Waals surface area contributed by atoms with Crippen LogP contribution in [0.3, 0.4) is 0 Å². The van der Waals surface area contributed by atoms with Gasteiger partial charge in [-0.15, -0.1) is 0 Å². The molecule has 0 aromatic heterocycles. The quantitative estimate of drug-likeness (QED) is 0.455. The highest BCUT2D eigenvalue weighted by Gasteiger charge is 2.33. The van der Waals surface area contributed by atoms with Gasteiger partial charge in [-0.3, -0.25) is 4.79 Å². The highest BCUT2D eigenvalue weighted by molar-refractivity contribution is 7.89. The average molecular weight is 561 g/mol. The molecule has 0 unspecified atom stereocenters. The summed E-state index contributed by atoms with van der Waals surface area (Å²) in [5, 5.41) is 15.4. The maximum atomic E-state index is 13.4.